The zero-order chi connectivity index (χ0) is 30.9. The molecule has 0 bridgehead atoms. The molecule has 1 atom stereocenters. The van der Waals surface area contributed by atoms with Crippen LogP contribution in [0.5, 0.6) is 17.2 Å². The van der Waals surface area contributed by atoms with Crippen LogP contribution in [0.2, 0.25) is 0 Å². The summed E-state index contributed by atoms with van der Waals surface area (Å²) in [6, 6.07) is 31.3. The van der Waals surface area contributed by atoms with Crippen molar-refractivity contribution in [1.29, 1.82) is 0 Å². The zero-order valence-corrected chi connectivity index (χ0v) is 25.5. The molecular formula is C38H39NO5. The molecule has 0 saturated heterocycles. The maximum absolute atomic E-state index is 12.5. The Kier molecular flexibility index (Phi) is 10.1. The van der Waals surface area contributed by atoms with Gasteiger partial charge in [-0.2, -0.15) is 0 Å². The number of carbonyl (C=O) groups excluding carboxylic acids is 2. The molecule has 6 heteroatoms. The summed E-state index contributed by atoms with van der Waals surface area (Å²) in [6.07, 6.45) is 3.44. The van der Waals surface area contributed by atoms with E-state index in [4.69, 9.17) is 14.2 Å². The van der Waals surface area contributed by atoms with Crippen LogP contribution in [0.1, 0.15) is 82.9 Å². The molecule has 2 amide bonds. The van der Waals surface area contributed by atoms with Gasteiger partial charge in [0.25, 0.3) is 11.8 Å². The van der Waals surface area contributed by atoms with Gasteiger partial charge in [0, 0.05) is 18.0 Å². The van der Waals surface area contributed by atoms with E-state index >= 15 is 0 Å². The number of ether oxygens (including phenoxy) is 3. The van der Waals surface area contributed by atoms with Crippen LogP contribution in [0, 0.1) is 0 Å². The van der Waals surface area contributed by atoms with Crippen molar-refractivity contribution in [3.8, 4) is 17.2 Å². The molecule has 1 heterocycles. The lowest BCUT2D eigenvalue weighted by Gasteiger charge is -2.17. The van der Waals surface area contributed by atoms with Gasteiger partial charge >= 0.3 is 0 Å². The lowest BCUT2D eigenvalue weighted by atomic mass is 9.89. The first-order chi connectivity index (χ1) is 21.5. The Morgan fingerprint density at radius 3 is 1.98 bits per heavy atom. The molecule has 0 radical (unpaired) electrons. The third-order valence-electron chi connectivity index (χ3n) is 7.86. The van der Waals surface area contributed by atoms with E-state index in [2.05, 4.69) is 37.8 Å². The average molecular weight is 590 g/mol. The minimum atomic E-state index is -0.192. The van der Waals surface area contributed by atoms with Gasteiger partial charge in [0.2, 0.25) is 0 Å². The molecule has 44 heavy (non-hydrogen) atoms. The monoisotopic (exact) mass is 589 g/mol. The Morgan fingerprint density at radius 1 is 0.727 bits per heavy atom. The predicted molar refractivity (Wildman–Crippen MR) is 173 cm³/mol. The van der Waals surface area contributed by atoms with Crippen LogP contribution in [-0.2, 0) is 4.74 Å². The second kappa shape index (κ2) is 14.6. The van der Waals surface area contributed by atoms with E-state index < -0.39 is 0 Å². The molecule has 0 aromatic heterocycles. The van der Waals surface area contributed by atoms with E-state index in [9.17, 15) is 9.59 Å². The van der Waals surface area contributed by atoms with E-state index in [-0.39, 0.29) is 17.7 Å². The molecule has 1 unspecified atom stereocenters. The maximum Gasteiger partial charge on any atom is 0.261 e. The molecule has 1 aliphatic heterocycles. The number of hydrogen-bond acceptors (Lipinski definition) is 5. The number of fused-ring (bicyclic) bond motifs is 1. The predicted octanol–water partition coefficient (Wildman–Crippen LogP) is 8.87. The van der Waals surface area contributed by atoms with E-state index in [1.165, 1.54) is 16.0 Å². The lowest BCUT2D eigenvalue weighted by molar-refractivity contribution is 0.0651. The Hall–Kier alpha value is -4.84. The van der Waals surface area contributed by atoms with Crippen molar-refractivity contribution in [2.24, 2.45) is 0 Å². The van der Waals surface area contributed by atoms with E-state index in [0.29, 0.717) is 36.6 Å². The number of nitrogens with zero attached hydrogens (tertiary/aromatic N) is 1. The molecule has 4 aromatic rings. The van der Waals surface area contributed by atoms with E-state index in [1.807, 2.05) is 55.5 Å². The molecule has 5 rings (SSSR count). The van der Waals surface area contributed by atoms with Crippen molar-refractivity contribution in [2.75, 3.05) is 19.8 Å². The number of hydrogen-bond donors (Lipinski definition) is 0. The molecule has 0 N–H and O–H groups in total. The average Bonchev–Trinajstić information content (AvgIpc) is 3.29. The van der Waals surface area contributed by atoms with Gasteiger partial charge < -0.3 is 14.2 Å². The molecule has 0 aliphatic carbocycles. The summed E-state index contributed by atoms with van der Waals surface area (Å²) in [5, 5.41) is 0. The quantitative estimate of drug-likeness (QED) is 0.0787. The van der Waals surface area contributed by atoms with Crippen LogP contribution in [0.15, 0.2) is 104 Å². The largest absolute Gasteiger partial charge is 0.494 e. The minimum absolute atomic E-state index is 0.192. The van der Waals surface area contributed by atoms with Gasteiger partial charge in [-0.3, -0.25) is 14.5 Å². The first-order valence-electron chi connectivity index (χ1n) is 15.4. The minimum Gasteiger partial charge on any atom is -0.494 e. The highest BCUT2D eigenvalue weighted by Gasteiger charge is 2.34. The third kappa shape index (κ3) is 7.20. The Balaban J connectivity index is 1.07. The van der Waals surface area contributed by atoms with Crippen LogP contribution in [0.25, 0.3) is 5.76 Å². The molecule has 1 aliphatic rings. The fourth-order valence-electron chi connectivity index (χ4n) is 5.54. The van der Waals surface area contributed by atoms with Crippen LogP contribution in [0.3, 0.4) is 0 Å². The standard InChI is InChI=1S/C38H39NO5/c1-4-34(29-18-22-32(23-19-29)44-33-13-11-12-30(26-33)27(3)42-5-2)28-16-20-31(21-17-28)43-25-10-6-9-24-39-37(40)35-14-7-8-15-36(35)38(39)41/h7-8,11-23,26,34H,3-6,9-10,24-25H2,1-2H3. The normalized spacial score (nSPS) is 13.0. The highest BCUT2D eigenvalue weighted by molar-refractivity contribution is 6.21. The van der Waals surface area contributed by atoms with Gasteiger partial charge in [0.1, 0.15) is 23.0 Å². The van der Waals surface area contributed by atoms with Crippen molar-refractivity contribution in [3.05, 3.63) is 131 Å². The third-order valence-corrected chi connectivity index (χ3v) is 7.86. The number of rotatable bonds is 15. The van der Waals surface area contributed by atoms with E-state index in [1.54, 1.807) is 24.3 Å². The van der Waals surface area contributed by atoms with Crippen molar-refractivity contribution in [1.82, 2.24) is 4.90 Å². The maximum atomic E-state index is 12.5. The number of carbonyl (C=O) groups is 2. The fraction of sp³-hybridized carbons (Fsp3) is 0.263. The number of unbranched alkanes of at least 4 members (excludes halogenated alkanes) is 2. The van der Waals surface area contributed by atoms with Crippen molar-refractivity contribution < 1.29 is 23.8 Å². The van der Waals surface area contributed by atoms with Gasteiger partial charge in [0.05, 0.1) is 24.3 Å². The second-order valence-electron chi connectivity index (χ2n) is 10.8. The second-order valence-corrected chi connectivity index (χ2v) is 10.8. The van der Waals surface area contributed by atoms with Gasteiger partial charge in [-0.25, -0.2) is 0 Å². The summed E-state index contributed by atoms with van der Waals surface area (Å²) in [4.78, 5) is 26.4. The fourth-order valence-corrected chi connectivity index (χ4v) is 5.54. The van der Waals surface area contributed by atoms with Gasteiger partial charge in [0.15, 0.2) is 0 Å². The zero-order valence-electron chi connectivity index (χ0n) is 25.5. The van der Waals surface area contributed by atoms with Crippen LogP contribution in [0.4, 0.5) is 0 Å². The van der Waals surface area contributed by atoms with Gasteiger partial charge in [-0.15, -0.1) is 0 Å². The Morgan fingerprint density at radius 2 is 1.36 bits per heavy atom. The molecule has 0 saturated carbocycles. The lowest BCUT2D eigenvalue weighted by Crippen LogP contribution is -2.30. The summed E-state index contributed by atoms with van der Waals surface area (Å²) in [7, 11) is 0. The highest BCUT2D eigenvalue weighted by Crippen LogP contribution is 2.32. The van der Waals surface area contributed by atoms with Gasteiger partial charge in [-0.1, -0.05) is 62.0 Å². The molecule has 6 nitrogen and oxygen atoms in total. The molecule has 0 fully saturated rings. The van der Waals surface area contributed by atoms with E-state index in [0.717, 1.165) is 48.5 Å². The molecular weight excluding hydrogens is 550 g/mol. The SMILES string of the molecule is C=C(OCC)c1cccc(Oc2ccc(C(CC)c3ccc(OCCCCCN4C(=O)c5ccccc5C4=O)cc3)cc2)c1. The Labute approximate surface area is 259 Å². The summed E-state index contributed by atoms with van der Waals surface area (Å²) in [6.45, 7) is 9.71. The summed E-state index contributed by atoms with van der Waals surface area (Å²) >= 11 is 0. The molecule has 4 aromatic carbocycles. The van der Waals surface area contributed by atoms with Crippen LogP contribution < -0.4 is 9.47 Å². The molecule has 0 spiro atoms. The van der Waals surface area contributed by atoms with Crippen molar-refractivity contribution in [2.45, 2.75) is 45.4 Å². The first-order valence-corrected chi connectivity index (χ1v) is 15.4. The van der Waals surface area contributed by atoms with Crippen LogP contribution in [-0.4, -0.2) is 36.5 Å². The number of imide groups is 1. The summed E-state index contributed by atoms with van der Waals surface area (Å²) in [5.41, 5.74) is 4.37. The first kappa shape index (κ1) is 30.6. The highest BCUT2D eigenvalue weighted by atomic mass is 16.5. The van der Waals surface area contributed by atoms with Gasteiger partial charge in [-0.05, 0) is 92.3 Å². The topological polar surface area (TPSA) is 65.1 Å². The molecule has 226 valence electrons. The Bertz CT molecular complexity index is 1560. The summed E-state index contributed by atoms with van der Waals surface area (Å²) in [5.74, 6) is 2.86. The summed E-state index contributed by atoms with van der Waals surface area (Å²) < 4.78 is 17.6. The number of benzene rings is 4. The smallest absolute Gasteiger partial charge is 0.261 e. The number of amides is 2. The van der Waals surface area contributed by atoms with Crippen molar-refractivity contribution >= 4 is 17.6 Å². The van der Waals surface area contributed by atoms with Crippen LogP contribution >= 0.6 is 0 Å². The van der Waals surface area contributed by atoms with Crippen molar-refractivity contribution in [3.63, 3.8) is 0 Å².